The van der Waals surface area contributed by atoms with Crippen molar-refractivity contribution in [2.45, 2.75) is 59.1 Å². The fourth-order valence-electron chi connectivity index (χ4n) is 4.13. The summed E-state index contributed by atoms with van der Waals surface area (Å²) in [4.78, 5) is 17.6. The molecule has 32 heavy (non-hydrogen) atoms. The minimum atomic E-state index is -0.855. The molecule has 0 saturated carbocycles. The van der Waals surface area contributed by atoms with Gasteiger partial charge in [-0.2, -0.15) is 0 Å². The van der Waals surface area contributed by atoms with Gasteiger partial charge in [0.2, 0.25) is 5.95 Å². The molecule has 1 aromatic carbocycles. The summed E-state index contributed by atoms with van der Waals surface area (Å²) in [6.07, 6.45) is 6.03. The Morgan fingerprint density at radius 3 is 2.53 bits per heavy atom. The molecule has 0 spiro atoms. The third-order valence-electron chi connectivity index (χ3n) is 6.24. The maximum absolute atomic E-state index is 10.3. The Kier molecular flexibility index (Phi) is 6.60. The van der Waals surface area contributed by atoms with Crippen LogP contribution in [0.1, 0.15) is 50.3 Å². The lowest BCUT2D eigenvalue weighted by molar-refractivity contribution is 0.0785. The van der Waals surface area contributed by atoms with Crippen LogP contribution in [0.5, 0.6) is 0 Å². The topological polar surface area (TPSA) is 74.2 Å². The molecule has 1 aliphatic rings. The number of piperidine rings is 1. The number of hydrogen-bond acceptors (Lipinski definition) is 7. The van der Waals surface area contributed by atoms with E-state index >= 15 is 0 Å². The Balaban J connectivity index is 1.55. The molecule has 7 heteroatoms. The maximum Gasteiger partial charge on any atom is 0.223 e. The molecular formula is C25H33N5OS. The van der Waals surface area contributed by atoms with E-state index in [9.17, 15) is 5.11 Å². The molecule has 0 atom stereocenters. The molecule has 2 aromatic heterocycles. The van der Waals surface area contributed by atoms with Gasteiger partial charge in [0.25, 0.3) is 0 Å². The number of nitrogens with one attached hydrogen (secondary N) is 1. The quantitative estimate of drug-likeness (QED) is 0.549. The summed E-state index contributed by atoms with van der Waals surface area (Å²) in [6, 6.07) is 6.49. The molecule has 170 valence electrons. The van der Waals surface area contributed by atoms with E-state index in [0.717, 1.165) is 70.3 Å². The van der Waals surface area contributed by atoms with Crippen molar-refractivity contribution in [3.8, 4) is 21.1 Å². The number of nitrogens with zero attached hydrogens (tertiary/aromatic N) is 4. The molecule has 0 aliphatic carbocycles. The minimum absolute atomic E-state index is 0.419. The van der Waals surface area contributed by atoms with Crippen molar-refractivity contribution in [3.05, 3.63) is 47.3 Å². The van der Waals surface area contributed by atoms with E-state index in [4.69, 9.17) is 4.98 Å². The van der Waals surface area contributed by atoms with Crippen molar-refractivity contribution in [3.63, 3.8) is 0 Å². The summed E-state index contributed by atoms with van der Waals surface area (Å²) >= 11 is 1.64. The van der Waals surface area contributed by atoms with Crippen LogP contribution in [0.25, 0.3) is 21.1 Å². The Morgan fingerprint density at radius 2 is 1.88 bits per heavy atom. The van der Waals surface area contributed by atoms with Crippen LogP contribution < -0.4 is 5.32 Å². The van der Waals surface area contributed by atoms with Gasteiger partial charge in [0, 0.05) is 37.1 Å². The number of rotatable bonds is 6. The van der Waals surface area contributed by atoms with Crippen molar-refractivity contribution in [1.29, 1.82) is 0 Å². The van der Waals surface area contributed by atoms with Crippen molar-refractivity contribution in [2.24, 2.45) is 0 Å². The average molecular weight is 452 g/mol. The highest BCUT2D eigenvalue weighted by Gasteiger charge is 2.20. The summed E-state index contributed by atoms with van der Waals surface area (Å²) < 4.78 is 0. The second-order valence-corrected chi connectivity index (χ2v) is 10.2. The van der Waals surface area contributed by atoms with Crippen molar-refractivity contribution >= 4 is 17.3 Å². The summed E-state index contributed by atoms with van der Waals surface area (Å²) in [5, 5.41) is 14.8. The van der Waals surface area contributed by atoms with E-state index in [0.29, 0.717) is 12.0 Å². The Morgan fingerprint density at radius 1 is 1.12 bits per heavy atom. The van der Waals surface area contributed by atoms with Gasteiger partial charge in [-0.15, -0.1) is 11.3 Å². The van der Waals surface area contributed by atoms with Crippen LogP contribution in [0.4, 0.5) is 5.95 Å². The number of benzene rings is 1. The molecule has 4 rings (SSSR count). The van der Waals surface area contributed by atoms with Gasteiger partial charge < -0.3 is 15.3 Å². The fourth-order valence-corrected chi connectivity index (χ4v) is 5.19. The highest BCUT2D eigenvalue weighted by Crippen LogP contribution is 2.35. The molecule has 1 fully saturated rings. The van der Waals surface area contributed by atoms with Gasteiger partial charge in [0.15, 0.2) is 0 Å². The first kappa shape index (κ1) is 22.8. The van der Waals surface area contributed by atoms with Crippen LogP contribution in [0.2, 0.25) is 0 Å². The number of anilines is 1. The van der Waals surface area contributed by atoms with Gasteiger partial charge in [0.05, 0.1) is 16.2 Å². The molecule has 1 saturated heterocycles. The standard InChI is InChI=1S/C25H33N5OS/c1-6-30-11-9-19(10-12-30)28-24-27-14-17(3)22(29-24)21-15-26-23(32-21)20-8-7-18(13-16(20)2)25(4,5)31/h7-8,13-15,19,31H,6,9-12H2,1-5H3,(H,27,28,29). The summed E-state index contributed by atoms with van der Waals surface area (Å²) in [5.41, 5.74) is 4.21. The molecule has 1 aliphatic heterocycles. The Hall–Kier alpha value is -2.35. The summed E-state index contributed by atoms with van der Waals surface area (Å²) in [7, 11) is 0. The zero-order chi connectivity index (χ0) is 22.9. The van der Waals surface area contributed by atoms with E-state index in [2.05, 4.69) is 34.0 Å². The van der Waals surface area contributed by atoms with Crippen LogP contribution in [0, 0.1) is 13.8 Å². The predicted octanol–water partition coefficient (Wildman–Crippen LogP) is 5.01. The molecular weight excluding hydrogens is 418 g/mol. The monoisotopic (exact) mass is 451 g/mol. The van der Waals surface area contributed by atoms with Gasteiger partial charge in [-0.1, -0.05) is 25.1 Å². The first-order valence-corrected chi connectivity index (χ1v) is 12.2. The normalized spacial score (nSPS) is 15.8. The molecule has 2 N–H and O–H groups in total. The van der Waals surface area contributed by atoms with E-state index < -0.39 is 5.60 Å². The summed E-state index contributed by atoms with van der Waals surface area (Å²) in [5.74, 6) is 0.696. The smallest absolute Gasteiger partial charge is 0.223 e. The maximum atomic E-state index is 10.3. The first-order chi connectivity index (χ1) is 15.2. The summed E-state index contributed by atoms with van der Waals surface area (Å²) in [6.45, 7) is 13.3. The van der Waals surface area contributed by atoms with Crippen molar-refractivity contribution in [1.82, 2.24) is 19.9 Å². The van der Waals surface area contributed by atoms with E-state index in [1.54, 1.807) is 25.2 Å². The number of aliphatic hydroxyl groups is 1. The van der Waals surface area contributed by atoms with E-state index in [1.807, 2.05) is 37.5 Å². The molecule has 0 unspecified atom stereocenters. The van der Waals surface area contributed by atoms with Crippen LogP contribution >= 0.6 is 11.3 Å². The highest BCUT2D eigenvalue weighted by atomic mass is 32.1. The lowest BCUT2D eigenvalue weighted by Crippen LogP contribution is -2.39. The molecule has 0 bridgehead atoms. The van der Waals surface area contributed by atoms with Gasteiger partial charge in [-0.3, -0.25) is 0 Å². The first-order valence-electron chi connectivity index (χ1n) is 11.4. The van der Waals surface area contributed by atoms with Gasteiger partial charge in [-0.25, -0.2) is 15.0 Å². The van der Waals surface area contributed by atoms with Gasteiger partial charge >= 0.3 is 0 Å². The lowest BCUT2D eigenvalue weighted by atomic mass is 9.95. The third kappa shape index (κ3) is 5.00. The average Bonchev–Trinajstić information content (AvgIpc) is 3.24. The highest BCUT2D eigenvalue weighted by molar-refractivity contribution is 7.18. The minimum Gasteiger partial charge on any atom is -0.386 e. The number of hydrogen-bond donors (Lipinski definition) is 2. The van der Waals surface area contributed by atoms with Crippen molar-refractivity contribution in [2.75, 3.05) is 25.0 Å². The molecule has 0 radical (unpaired) electrons. The van der Waals surface area contributed by atoms with Crippen molar-refractivity contribution < 1.29 is 5.11 Å². The second-order valence-electron chi connectivity index (χ2n) is 9.20. The predicted molar refractivity (Wildman–Crippen MR) is 132 cm³/mol. The van der Waals surface area contributed by atoms with Gasteiger partial charge in [-0.05, 0) is 63.8 Å². The molecule has 3 heterocycles. The number of likely N-dealkylation sites (tertiary alicyclic amines) is 1. The zero-order valence-corrected chi connectivity index (χ0v) is 20.5. The largest absolute Gasteiger partial charge is 0.386 e. The number of aryl methyl sites for hydroxylation is 2. The van der Waals surface area contributed by atoms with E-state index in [1.165, 1.54) is 0 Å². The van der Waals surface area contributed by atoms with E-state index in [-0.39, 0.29) is 0 Å². The fraction of sp³-hybridized carbons (Fsp3) is 0.480. The van der Waals surface area contributed by atoms with Crippen LogP contribution in [-0.2, 0) is 5.60 Å². The Labute approximate surface area is 194 Å². The number of thiazole rings is 1. The SMILES string of the molecule is CCN1CCC(Nc2ncc(C)c(-c3cnc(-c4ccc(C(C)(C)O)cc4C)s3)n2)CC1. The molecule has 0 amide bonds. The molecule has 6 nitrogen and oxygen atoms in total. The van der Waals surface area contributed by atoms with Crippen LogP contribution in [0.15, 0.2) is 30.6 Å². The second kappa shape index (κ2) is 9.25. The van der Waals surface area contributed by atoms with Crippen LogP contribution in [-0.4, -0.2) is 50.6 Å². The Bertz CT molecular complexity index is 1080. The lowest BCUT2D eigenvalue weighted by Gasteiger charge is -2.31. The number of aromatic nitrogens is 3. The molecule has 3 aromatic rings. The van der Waals surface area contributed by atoms with Crippen LogP contribution in [0.3, 0.4) is 0 Å². The zero-order valence-electron chi connectivity index (χ0n) is 19.6. The third-order valence-corrected chi connectivity index (χ3v) is 7.28. The van der Waals surface area contributed by atoms with Gasteiger partial charge in [0.1, 0.15) is 5.01 Å².